The monoisotopic (exact) mass is 312 g/mol. The van der Waals surface area contributed by atoms with E-state index in [2.05, 4.69) is 11.1 Å². The predicted octanol–water partition coefficient (Wildman–Crippen LogP) is 0.631. The Hall–Kier alpha value is -2.40. The van der Waals surface area contributed by atoms with Crippen molar-refractivity contribution in [3.63, 3.8) is 0 Å². The summed E-state index contributed by atoms with van der Waals surface area (Å²) in [4.78, 5) is 20.3. The summed E-state index contributed by atoms with van der Waals surface area (Å²) in [5.41, 5.74) is 1.83. The van der Waals surface area contributed by atoms with Gasteiger partial charge in [0.2, 0.25) is 0 Å². The number of carbonyl (C=O) groups is 1. The highest BCUT2D eigenvalue weighted by atomic mass is 16.5. The van der Waals surface area contributed by atoms with Gasteiger partial charge in [-0.2, -0.15) is 0 Å². The molecule has 1 aromatic heterocycles. The third kappa shape index (κ3) is 3.87. The Morgan fingerprint density at radius 1 is 1.17 bits per heavy atom. The van der Waals surface area contributed by atoms with Crippen molar-refractivity contribution >= 4 is 5.91 Å². The van der Waals surface area contributed by atoms with E-state index in [0.717, 1.165) is 49.7 Å². The van der Waals surface area contributed by atoms with E-state index in [1.807, 2.05) is 47.5 Å². The SMILES string of the molecule is COc1ccc(C(=O)N2CC[NH+](Cc3ccccn3)CC2)cc1. The quantitative estimate of drug-likeness (QED) is 0.901. The second-order valence-electron chi connectivity index (χ2n) is 5.77. The first-order valence-electron chi connectivity index (χ1n) is 7.93. The summed E-state index contributed by atoms with van der Waals surface area (Å²) in [6.45, 7) is 4.41. The zero-order valence-corrected chi connectivity index (χ0v) is 13.4. The molecule has 0 bridgehead atoms. The normalized spacial score (nSPS) is 15.4. The van der Waals surface area contributed by atoms with E-state index >= 15 is 0 Å². The average molecular weight is 312 g/mol. The zero-order valence-electron chi connectivity index (χ0n) is 13.4. The van der Waals surface area contributed by atoms with Gasteiger partial charge in [0.15, 0.2) is 0 Å². The summed E-state index contributed by atoms with van der Waals surface area (Å²) in [6.07, 6.45) is 1.83. The number of carbonyl (C=O) groups excluding carboxylic acids is 1. The standard InChI is InChI=1S/C18H21N3O2/c1-23-17-7-5-15(6-8-17)18(22)21-12-10-20(11-13-21)14-16-4-2-3-9-19-16/h2-9H,10-14H2,1H3/p+1. The zero-order chi connectivity index (χ0) is 16.1. The van der Waals surface area contributed by atoms with Gasteiger partial charge in [0.25, 0.3) is 5.91 Å². The second kappa shape index (κ2) is 7.24. The van der Waals surface area contributed by atoms with Crippen LogP contribution in [0.4, 0.5) is 0 Å². The van der Waals surface area contributed by atoms with Gasteiger partial charge in [0.05, 0.1) is 39.0 Å². The number of rotatable bonds is 4. The highest BCUT2D eigenvalue weighted by Crippen LogP contribution is 2.13. The van der Waals surface area contributed by atoms with Gasteiger partial charge in [-0.3, -0.25) is 9.78 Å². The summed E-state index contributed by atoms with van der Waals surface area (Å²) in [6, 6.07) is 13.3. The molecule has 0 unspecified atom stereocenters. The Balaban J connectivity index is 1.54. The van der Waals surface area contributed by atoms with Gasteiger partial charge in [-0.1, -0.05) is 6.07 Å². The molecule has 1 fully saturated rings. The number of pyridine rings is 1. The Labute approximate surface area is 136 Å². The molecule has 2 aromatic rings. The first-order valence-corrected chi connectivity index (χ1v) is 7.93. The Bertz CT molecular complexity index is 635. The van der Waals surface area contributed by atoms with E-state index in [-0.39, 0.29) is 5.91 Å². The lowest BCUT2D eigenvalue weighted by Gasteiger charge is -2.32. The van der Waals surface area contributed by atoms with Gasteiger partial charge in [-0.05, 0) is 36.4 Å². The maximum Gasteiger partial charge on any atom is 0.254 e. The van der Waals surface area contributed by atoms with Crippen molar-refractivity contribution in [2.45, 2.75) is 6.54 Å². The Kier molecular flexibility index (Phi) is 4.88. The molecule has 0 aliphatic carbocycles. The number of ether oxygens (including phenoxy) is 1. The van der Waals surface area contributed by atoms with Gasteiger partial charge in [-0.15, -0.1) is 0 Å². The number of hydrogen-bond acceptors (Lipinski definition) is 3. The van der Waals surface area contributed by atoms with Crippen LogP contribution in [0.5, 0.6) is 5.75 Å². The number of nitrogens with zero attached hydrogens (tertiary/aromatic N) is 2. The second-order valence-corrected chi connectivity index (χ2v) is 5.77. The van der Waals surface area contributed by atoms with Gasteiger partial charge < -0.3 is 14.5 Å². The molecule has 23 heavy (non-hydrogen) atoms. The molecule has 0 spiro atoms. The van der Waals surface area contributed by atoms with Gasteiger partial charge in [-0.25, -0.2) is 0 Å². The third-order valence-corrected chi connectivity index (χ3v) is 4.25. The van der Waals surface area contributed by atoms with E-state index < -0.39 is 0 Å². The number of amides is 1. The number of quaternary nitrogens is 1. The Morgan fingerprint density at radius 2 is 1.91 bits per heavy atom. The van der Waals surface area contributed by atoms with E-state index in [1.165, 1.54) is 4.90 Å². The molecule has 5 heteroatoms. The van der Waals surface area contributed by atoms with Crippen LogP contribution >= 0.6 is 0 Å². The predicted molar refractivity (Wildman–Crippen MR) is 87.5 cm³/mol. The molecule has 1 N–H and O–H groups in total. The molecule has 1 saturated heterocycles. The highest BCUT2D eigenvalue weighted by molar-refractivity contribution is 5.94. The van der Waals surface area contributed by atoms with Crippen LogP contribution in [0.2, 0.25) is 0 Å². The van der Waals surface area contributed by atoms with Crippen LogP contribution < -0.4 is 9.64 Å². The maximum absolute atomic E-state index is 12.5. The number of piperazine rings is 1. The first kappa shape index (κ1) is 15.5. The molecule has 5 nitrogen and oxygen atoms in total. The lowest BCUT2D eigenvalue weighted by molar-refractivity contribution is -0.917. The van der Waals surface area contributed by atoms with Crippen LogP contribution in [0.15, 0.2) is 48.7 Å². The largest absolute Gasteiger partial charge is 0.497 e. The lowest BCUT2D eigenvalue weighted by atomic mass is 10.1. The summed E-state index contributed by atoms with van der Waals surface area (Å²) in [5.74, 6) is 0.871. The van der Waals surface area contributed by atoms with Gasteiger partial charge in [0.1, 0.15) is 12.3 Å². The van der Waals surface area contributed by atoms with Crippen molar-refractivity contribution in [3.8, 4) is 5.75 Å². The summed E-state index contributed by atoms with van der Waals surface area (Å²) in [7, 11) is 1.63. The molecule has 3 rings (SSSR count). The van der Waals surface area contributed by atoms with Crippen molar-refractivity contribution < 1.29 is 14.4 Å². The molecule has 1 aliphatic heterocycles. The van der Waals surface area contributed by atoms with Gasteiger partial charge >= 0.3 is 0 Å². The summed E-state index contributed by atoms with van der Waals surface area (Å²) < 4.78 is 5.13. The summed E-state index contributed by atoms with van der Waals surface area (Å²) >= 11 is 0. The van der Waals surface area contributed by atoms with Crippen molar-refractivity contribution in [1.82, 2.24) is 9.88 Å². The molecule has 120 valence electrons. The van der Waals surface area contributed by atoms with E-state index in [9.17, 15) is 4.79 Å². The average Bonchev–Trinajstić information content (AvgIpc) is 2.63. The fraction of sp³-hybridized carbons (Fsp3) is 0.333. The number of methoxy groups -OCH3 is 1. The minimum absolute atomic E-state index is 0.101. The smallest absolute Gasteiger partial charge is 0.254 e. The van der Waals surface area contributed by atoms with Crippen molar-refractivity contribution in [1.29, 1.82) is 0 Å². The van der Waals surface area contributed by atoms with Crippen LogP contribution in [-0.4, -0.2) is 49.1 Å². The van der Waals surface area contributed by atoms with Gasteiger partial charge in [0, 0.05) is 11.8 Å². The topological polar surface area (TPSA) is 46.9 Å². The number of aromatic nitrogens is 1. The molecule has 0 saturated carbocycles. The first-order chi connectivity index (χ1) is 11.3. The molecular weight excluding hydrogens is 290 g/mol. The van der Waals surface area contributed by atoms with E-state index in [4.69, 9.17) is 4.74 Å². The number of hydrogen-bond donors (Lipinski definition) is 1. The van der Waals surface area contributed by atoms with Crippen molar-refractivity contribution in [2.24, 2.45) is 0 Å². The molecule has 0 radical (unpaired) electrons. The fourth-order valence-electron chi connectivity index (χ4n) is 2.88. The molecule has 0 atom stereocenters. The highest BCUT2D eigenvalue weighted by Gasteiger charge is 2.24. The Morgan fingerprint density at radius 3 is 2.52 bits per heavy atom. The van der Waals surface area contributed by atoms with Crippen LogP contribution in [-0.2, 0) is 6.54 Å². The lowest BCUT2D eigenvalue weighted by Crippen LogP contribution is -3.13. The van der Waals surface area contributed by atoms with E-state index in [1.54, 1.807) is 7.11 Å². The minimum atomic E-state index is 0.101. The summed E-state index contributed by atoms with van der Waals surface area (Å²) in [5, 5.41) is 0. The third-order valence-electron chi connectivity index (χ3n) is 4.25. The molecule has 1 aromatic carbocycles. The number of benzene rings is 1. The van der Waals surface area contributed by atoms with Crippen LogP contribution in [0.3, 0.4) is 0 Å². The fourth-order valence-corrected chi connectivity index (χ4v) is 2.88. The van der Waals surface area contributed by atoms with Crippen molar-refractivity contribution in [3.05, 3.63) is 59.9 Å². The maximum atomic E-state index is 12.5. The van der Waals surface area contributed by atoms with Crippen molar-refractivity contribution in [2.75, 3.05) is 33.3 Å². The van der Waals surface area contributed by atoms with Crippen LogP contribution in [0, 0.1) is 0 Å². The van der Waals surface area contributed by atoms with Crippen LogP contribution in [0.1, 0.15) is 16.1 Å². The minimum Gasteiger partial charge on any atom is -0.497 e. The van der Waals surface area contributed by atoms with E-state index in [0.29, 0.717) is 0 Å². The molecule has 2 heterocycles. The number of nitrogens with one attached hydrogen (secondary N) is 1. The van der Waals surface area contributed by atoms with Crippen LogP contribution in [0.25, 0.3) is 0 Å². The molecular formula is C18H22N3O2+. The molecule has 1 amide bonds. The molecule has 1 aliphatic rings.